The van der Waals surface area contributed by atoms with Crippen LogP contribution in [0.15, 0.2) is 0 Å². The average Bonchev–Trinajstić information content (AvgIpc) is 2.20. The van der Waals surface area contributed by atoms with Gasteiger partial charge in [0.2, 0.25) is 0 Å². The van der Waals surface area contributed by atoms with Crippen molar-refractivity contribution in [2.24, 2.45) is 5.73 Å². The second kappa shape index (κ2) is 5.61. The zero-order valence-electron chi connectivity index (χ0n) is 10.1. The van der Waals surface area contributed by atoms with Crippen molar-refractivity contribution >= 4 is 5.97 Å². The third-order valence-electron chi connectivity index (χ3n) is 3.14. The molecule has 0 aromatic rings. The number of ether oxygens (including phenoxy) is 1. The zero-order chi connectivity index (χ0) is 12.2. The molecule has 0 radical (unpaired) electrons. The maximum absolute atomic E-state index is 10.8. The van der Waals surface area contributed by atoms with Crippen LogP contribution in [0.4, 0.5) is 0 Å². The van der Waals surface area contributed by atoms with Crippen LogP contribution >= 0.6 is 0 Å². The maximum atomic E-state index is 10.8. The number of aliphatic carboxylic acids is 1. The van der Waals surface area contributed by atoms with E-state index >= 15 is 0 Å². The highest BCUT2D eigenvalue weighted by Crippen LogP contribution is 2.12. The number of hydrogen-bond acceptors (Lipinski definition) is 4. The monoisotopic (exact) mass is 230 g/mol. The lowest BCUT2D eigenvalue weighted by Gasteiger charge is -2.33. The second-order valence-corrected chi connectivity index (χ2v) is 4.79. The van der Waals surface area contributed by atoms with Crippen LogP contribution in [0.2, 0.25) is 0 Å². The maximum Gasteiger partial charge on any atom is 0.323 e. The Morgan fingerprint density at radius 3 is 2.94 bits per heavy atom. The van der Waals surface area contributed by atoms with Crippen molar-refractivity contribution in [2.45, 2.75) is 38.3 Å². The summed E-state index contributed by atoms with van der Waals surface area (Å²) in [5.74, 6) is -0.928. The first kappa shape index (κ1) is 13.4. The minimum absolute atomic E-state index is 0.419. The molecule has 0 saturated carbocycles. The van der Waals surface area contributed by atoms with E-state index in [4.69, 9.17) is 15.6 Å². The summed E-state index contributed by atoms with van der Waals surface area (Å²) in [6.45, 7) is 7.04. The van der Waals surface area contributed by atoms with E-state index in [2.05, 4.69) is 11.8 Å². The van der Waals surface area contributed by atoms with Crippen LogP contribution in [-0.4, -0.2) is 53.9 Å². The van der Waals surface area contributed by atoms with Gasteiger partial charge >= 0.3 is 5.97 Å². The van der Waals surface area contributed by atoms with E-state index in [1.807, 2.05) is 0 Å². The molecule has 5 nitrogen and oxygen atoms in total. The van der Waals surface area contributed by atoms with Crippen LogP contribution in [0.5, 0.6) is 0 Å². The normalized spacial score (nSPS) is 26.3. The number of carboxylic acid groups (broad SMARTS) is 1. The molecule has 0 spiro atoms. The number of nitrogens with zero attached hydrogens (tertiary/aromatic N) is 1. The molecule has 1 aliphatic rings. The molecule has 0 bridgehead atoms. The summed E-state index contributed by atoms with van der Waals surface area (Å²) >= 11 is 0. The van der Waals surface area contributed by atoms with E-state index in [1.54, 1.807) is 6.92 Å². The van der Waals surface area contributed by atoms with Crippen molar-refractivity contribution in [3.05, 3.63) is 0 Å². The van der Waals surface area contributed by atoms with Gasteiger partial charge in [0.05, 0.1) is 13.2 Å². The van der Waals surface area contributed by atoms with Crippen molar-refractivity contribution < 1.29 is 14.6 Å². The zero-order valence-corrected chi connectivity index (χ0v) is 10.1. The molecule has 1 fully saturated rings. The van der Waals surface area contributed by atoms with Gasteiger partial charge in [0, 0.05) is 12.6 Å². The van der Waals surface area contributed by atoms with Crippen molar-refractivity contribution in [3.8, 4) is 0 Å². The summed E-state index contributed by atoms with van der Waals surface area (Å²) < 4.78 is 5.34. The molecular formula is C11H22N2O3. The molecule has 94 valence electrons. The van der Waals surface area contributed by atoms with Gasteiger partial charge in [-0.3, -0.25) is 9.69 Å². The topological polar surface area (TPSA) is 75.8 Å². The molecule has 1 aliphatic heterocycles. The Bertz CT molecular complexity index is 243. The van der Waals surface area contributed by atoms with Gasteiger partial charge in [-0.15, -0.1) is 0 Å². The third-order valence-corrected chi connectivity index (χ3v) is 3.14. The Hall–Kier alpha value is -0.650. The molecule has 0 aromatic heterocycles. The highest BCUT2D eigenvalue weighted by atomic mass is 16.5. The smallest absolute Gasteiger partial charge is 0.323 e. The summed E-state index contributed by atoms with van der Waals surface area (Å²) in [4.78, 5) is 13.1. The Balaban J connectivity index is 2.26. The van der Waals surface area contributed by atoms with Crippen LogP contribution in [-0.2, 0) is 9.53 Å². The predicted molar refractivity (Wildman–Crippen MR) is 61.3 cm³/mol. The molecule has 0 amide bonds. The van der Waals surface area contributed by atoms with Gasteiger partial charge in [-0.25, -0.2) is 0 Å². The lowest BCUT2D eigenvalue weighted by Crippen LogP contribution is -2.47. The van der Waals surface area contributed by atoms with E-state index in [9.17, 15) is 4.79 Å². The quantitative estimate of drug-likeness (QED) is 0.710. The van der Waals surface area contributed by atoms with Crippen LogP contribution < -0.4 is 5.73 Å². The fourth-order valence-electron chi connectivity index (χ4n) is 1.85. The third kappa shape index (κ3) is 3.73. The molecule has 16 heavy (non-hydrogen) atoms. The first-order valence-electron chi connectivity index (χ1n) is 5.77. The van der Waals surface area contributed by atoms with Gasteiger partial charge in [-0.05, 0) is 33.2 Å². The fourth-order valence-corrected chi connectivity index (χ4v) is 1.85. The molecule has 1 saturated heterocycles. The lowest BCUT2D eigenvalue weighted by atomic mass is 9.97. The number of nitrogens with two attached hydrogens (primary N) is 1. The number of hydrogen-bond donors (Lipinski definition) is 2. The average molecular weight is 230 g/mol. The van der Waals surface area contributed by atoms with Crippen LogP contribution in [0.3, 0.4) is 0 Å². The number of carboxylic acids is 1. The van der Waals surface area contributed by atoms with Crippen LogP contribution in [0.25, 0.3) is 0 Å². The summed E-state index contributed by atoms with van der Waals surface area (Å²) in [5.41, 5.74) is 4.57. The summed E-state index contributed by atoms with van der Waals surface area (Å²) in [6.07, 6.45) is 1.32. The molecule has 2 atom stereocenters. The van der Waals surface area contributed by atoms with Crippen molar-refractivity contribution in [2.75, 3.05) is 26.3 Å². The second-order valence-electron chi connectivity index (χ2n) is 4.79. The van der Waals surface area contributed by atoms with E-state index in [0.29, 0.717) is 12.5 Å². The fraction of sp³-hybridized carbons (Fsp3) is 0.909. The van der Waals surface area contributed by atoms with Crippen LogP contribution in [0.1, 0.15) is 26.7 Å². The number of carbonyl (C=O) groups is 1. The standard InChI is InChI=1S/C11H22N2O3/c1-9-8-16-7-6-13(9)5-3-4-11(2,12)10(14)15/h9H,3-8,12H2,1-2H3,(H,14,15). The van der Waals surface area contributed by atoms with Crippen molar-refractivity contribution in [1.29, 1.82) is 0 Å². The summed E-state index contributed by atoms with van der Waals surface area (Å²) in [6, 6.07) is 0.419. The number of rotatable bonds is 5. The molecule has 1 rings (SSSR count). The number of morpholine rings is 1. The molecule has 2 unspecified atom stereocenters. The van der Waals surface area contributed by atoms with Gasteiger partial charge in [0.15, 0.2) is 0 Å². The van der Waals surface area contributed by atoms with Gasteiger partial charge in [0.1, 0.15) is 5.54 Å². The Kier molecular flexibility index (Phi) is 4.70. The summed E-state index contributed by atoms with van der Waals surface area (Å²) in [7, 11) is 0. The molecule has 1 heterocycles. The predicted octanol–water partition coefficient (Wildman–Crippen LogP) is 0.289. The Morgan fingerprint density at radius 1 is 1.69 bits per heavy atom. The molecule has 3 N–H and O–H groups in total. The molecular weight excluding hydrogens is 208 g/mol. The lowest BCUT2D eigenvalue weighted by molar-refractivity contribution is -0.143. The highest BCUT2D eigenvalue weighted by molar-refractivity contribution is 5.77. The van der Waals surface area contributed by atoms with E-state index in [0.717, 1.165) is 32.7 Å². The molecule has 0 aromatic carbocycles. The van der Waals surface area contributed by atoms with Gasteiger partial charge < -0.3 is 15.6 Å². The van der Waals surface area contributed by atoms with Gasteiger partial charge in [0.25, 0.3) is 0 Å². The summed E-state index contributed by atoms with van der Waals surface area (Å²) in [5, 5.41) is 8.87. The highest BCUT2D eigenvalue weighted by Gasteiger charge is 2.28. The van der Waals surface area contributed by atoms with Gasteiger partial charge in [-0.2, -0.15) is 0 Å². The first-order valence-corrected chi connectivity index (χ1v) is 5.77. The first-order chi connectivity index (χ1) is 7.43. The minimum Gasteiger partial charge on any atom is -0.480 e. The van der Waals surface area contributed by atoms with Crippen LogP contribution in [0, 0.1) is 0 Å². The van der Waals surface area contributed by atoms with Gasteiger partial charge in [-0.1, -0.05) is 0 Å². The molecule has 0 aliphatic carbocycles. The minimum atomic E-state index is -1.10. The van der Waals surface area contributed by atoms with E-state index in [1.165, 1.54) is 0 Å². The van der Waals surface area contributed by atoms with E-state index in [-0.39, 0.29) is 0 Å². The van der Waals surface area contributed by atoms with E-state index < -0.39 is 11.5 Å². The van der Waals surface area contributed by atoms with Crippen molar-refractivity contribution in [3.63, 3.8) is 0 Å². The largest absolute Gasteiger partial charge is 0.480 e. The van der Waals surface area contributed by atoms with Crippen molar-refractivity contribution in [1.82, 2.24) is 4.90 Å². The Morgan fingerprint density at radius 2 is 2.38 bits per heavy atom. The molecule has 5 heteroatoms. The SMILES string of the molecule is CC1COCCN1CCCC(C)(N)C(=O)O. The Labute approximate surface area is 96.6 Å².